The van der Waals surface area contributed by atoms with Crippen LogP contribution < -0.4 is 5.73 Å². The fourth-order valence-electron chi connectivity index (χ4n) is 2.02. The number of ether oxygens (including phenoxy) is 1. The number of hydrogen-bond acceptors (Lipinski definition) is 3. The van der Waals surface area contributed by atoms with Gasteiger partial charge in [-0.2, -0.15) is 0 Å². The van der Waals surface area contributed by atoms with Crippen LogP contribution in [0.4, 0.5) is 4.79 Å². The normalized spacial score (nSPS) is 25.9. The summed E-state index contributed by atoms with van der Waals surface area (Å²) in [7, 11) is 0. The van der Waals surface area contributed by atoms with E-state index >= 15 is 0 Å². The molecule has 94 valence electrons. The van der Waals surface area contributed by atoms with Crippen LogP contribution in [0.5, 0.6) is 0 Å². The van der Waals surface area contributed by atoms with E-state index in [0.717, 1.165) is 25.9 Å². The van der Waals surface area contributed by atoms with Gasteiger partial charge < -0.3 is 15.4 Å². The first-order chi connectivity index (χ1) is 7.32. The highest BCUT2D eigenvalue weighted by molar-refractivity contribution is 5.68. The minimum atomic E-state index is -0.419. The Morgan fingerprint density at radius 2 is 2.12 bits per heavy atom. The molecule has 2 N–H and O–H groups in total. The molecular weight excluding hydrogens is 204 g/mol. The van der Waals surface area contributed by atoms with Gasteiger partial charge in [0, 0.05) is 18.5 Å². The van der Waals surface area contributed by atoms with Crippen LogP contribution in [0.2, 0.25) is 0 Å². The number of likely N-dealkylation sites (tertiary alicyclic amines) is 1. The molecule has 1 unspecified atom stereocenters. The predicted molar refractivity (Wildman–Crippen MR) is 64.2 cm³/mol. The molecule has 0 bridgehead atoms. The van der Waals surface area contributed by atoms with Gasteiger partial charge in [0.2, 0.25) is 0 Å². The minimum absolute atomic E-state index is 0.108. The Hall–Kier alpha value is -0.770. The molecule has 16 heavy (non-hydrogen) atoms. The summed E-state index contributed by atoms with van der Waals surface area (Å²) in [6.45, 7) is 9.92. The highest BCUT2D eigenvalue weighted by Crippen LogP contribution is 2.33. The van der Waals surface area contributed by atoms with Gasteiger partial charge in [-0.25, -0.2) is 4.79 Å². The zero-order valence-corrected chi connectivity index (χ0v) is 10.9. The third kappa shape index (κ3) is 3.11. The van der Waals surface area contributed by atoms with E-state index in [9.17, 15) is 4.79 Å². The molecule has 0 aromatic carbocycles. The molecule has 0 spiro atoms. The molecule has 0 radical (unpaired) electrons. The standard InChI is InChI=1S/C12H24N2O2/c1-5-12(8-13)6-7-14(9-12)10(15)16-11(2,3)4/h5-9,13H2,1-4H3. The number of rotatable bonds is 2. The van der Waals surface area contributed by atoms with Crippen LogP contribution in [0.1, 0.15) is 40.5 Å². The first-order valence-corrected chi connectivity index (χ1v) is 6.00. The van der Waals surface area contributed by atoms with E-state index in [0.29, 0.717) is 6.54 Å². The Labute approximate surface area is 98.1 Å². The molecular formula is C12H24N2O2. The molecule has 0 aromatic heterocycles. The van der Waals surface area contributed by atoms with Crippen LogP contribution in [-0.4, -0.2) is 36.2 Å². The molecule has 0 aromatic rings. The van der Waals surface area contributed by atoms with Crippen molar-refractivity contribution in [1.29, 1.82) is 0 Å². The highest BCUT2D eigenvalue weighted by atomic mass is 16.6. The van der Waals surface area contributed by atoms with Crippen LogP contribution in [0.15, 0.2) is 0 Å². The van der Waals surface area contributed by atoms with Gasteiger partial charge in [0.25, 0.3) is 0 Å². The SMILES string of the molecule is CCC1(CN)CCN(C(=O)OC(C)(C)C)C1. The summed E-state index contributed by atoms with van der Waals surface area (Å²) in [5, 5.41) is 0. The Kier molecular flexibility index (Phi) is 3.84. The lowest BCUT2D eigenvalue weighted by Gasteiger charge is -2.28. The molecule has 0 saturated carbocycles. The maximum Gasteiger partial charge on any atom is 0.410 e. The van der Waals surface area contributed by atoms with Crippen molar-refractivity contribution < 1.29 is 9.53 Å². The van der Waals surface area contributed by atoms with Gasteiger partial charge in [0.05, 0.1) is 0 Å². The maximum atomic E-state index is 11.8. The summed E-state index contributed by atoms with van der Waals surface area (Å²) in [6.07, 6.45) is 1.79. The van der Waals surface area contributed by atoms with E-state index in [-0.39, 0.29) is 11.5 Å². The second-order valence-electron chi connectivity index (χ2n) is 5.71. The van der Waals surface area contributed by atoms with Gasteiger partial charge >= 0.3 is 6.09 Å². The summed E-state index contributed by atoms with van der Waals surface area (Å²) in [5.74, 6) is 0. The van der Waals surface area contributed by atoms with Gasteiger partial charge in [-0.15, -0.1) is 0 Å². The summed E-state index contributed by atoms with van der Waals surface area (Å²) < 4.78 is 5.35. The Morgan fingerprint density at radius 3 is 2.50 bits per heavy atom. The summed E-state index contributed by atoms with van der Waals surface area (Å²) in [4.78, 5) is 13.6. The van der Waals surface area contributed by atoms with Crippen LogP contribution in [-0.2, 0) is 4.74 Å². The molecule has 4 nitrogen and oxygen atoms in total. The summed E-state index contributed by atoms with van der Waals surface area (Å²) in [6, 6.07) is 0. The molecule has 4 heteroatoms. The first kappa shape index (κ1) is 13.3. The third-order valence-corrected chi connectivity index (χ3v) is 3.27. The zero-order valence-electron chi connectivity index (χ0n) is 10.9. The maximum absolute atomic E-state index is 11.8. The zero-order chi connectivity index (χ0) is 12.4. The van der Waals surface area contributed by atoms with Crippen molar-refractivity contribution in [2.24, 2.45) is 11.1 Å². The summed E-state index contributed by atoms with van der Waals surface area (Å²) >= 11 is 0. The van der Waals surface area contributed by atoms with E-state index in [1.54, 1.807) is 4.90 Å². The van der Waals surface area contributed by atoms with Gasteiger partial charge in [0.15, 0.2) is 0 Å². The minimum Gasteiger partial charge on any atom is -0.444 e. The van der Waals surface area contributed by atoms with E-state index in [2.05, 4.69) is 6.92 Å². The molecule has 0 aliphatic carbocycles. The summed E-state index contributed by atoms with van der Waals surface area (Å²) in [5.41, 5.74) is 5.48. The van der Waals surface area contributed by atoms with Crippen molar-refractivity contribution >= 4 is 6.09 Å². The average Bonchev–Trinajstić information content (AvgIpc) is 2.60. The third-order valence-electron chi connectivity index (χ3n) is 3.27. The number of carbonyl (C=O) groups excluding carboxylic acids is 1. The Balaban J connectivity index is 2.56. The second kappa shape index (κ2) is 4.62. The van der Waals surface area contributed by atoms with Gasteiger partial charge in [-0.1, -0.05) is 6.92 Å². The smallest absolute Gasteiger partial charge is 0.410 e. The van der Waals surface area contributed by atoms with Gasteiger partial charge in [-0.3, -0.25) is 0 Å². The molecule has 1 fully saturated rings. The van der Waals surface area contributed by atoms with Gasteiger partial charge in [0.1, 0.15) is 5.60 Å². The van der Waals surface area contributed by atoms with E-state index in [4.69, 9.17) is 10.5 Å². The monoisotopic (exact) mass is 228 g/mol. The molecule has 1 heterocycles. The van der Waals surface area contributed by atoms with Crippen molar-refractivity contribution in [2.45, 2.75) is 46.1 Å². The van der Waals surface area contributed by atoms with Crippen molar-refractivity contribution in [3.05, 3.63) is 0 Å². The predicted octanol–water partition coefficient (Wildman–Crippen LogP) is 1.98. The molecule has 1 saturated heterocycles. The number of nitrogens with two attached hydrogens (primary N) is 1. The fraction of sp³-hybridized carbons (Fsp3) is 0.917. The van der Waals surface area contributed by atoms with Gasteiger partial charge in [-0.05, 0) is 40.2 Å². The van der Waals surface area contributed by atoms with Crippen LogP contribution >= 0.6 is 0 Å². The largest absolute Gasteiger partial charge is 0.444 e. The number of hydrogen-bond donors (Lipinski definition) is 1. The van der Waals surface area contributed by atoms with Crippen molar-refractivity contribution in [2.75, 3.05) is 19.6 Å². The van der Waals surface area contributed by atoms with E-state index in [1.165, 1.54) is 0 Å². The highest BCUT2D eigenvalue weighted by Gasteiger charge is 2.38. The van der Waals surface area contributed by atoms with E-state index in [1.807, 2.05) is 20.8 Å². The Morgan fingerprint density at radius 1 is 1.50 bits per heavy atom. The van der Waals surface area contributed by atoms with Crippen LogP contribution in [0.3, 0.4) is 0 Å². The number of carbonyl (C=O) groups is 1. The van der Waals surface area contributed by atoms with Crippen LogP contribution in [0.25, 0.3) is 0 Å². The van der Waals surface area contributed by atoms with Crippen molar-refractivity contribution in [3.8, 4) is 0 Å². The lowest BCUT2D eigenvalue weighted by Crippen LogP contribution is -2.38. The molecule has 1 atom stereocenters. The fourth-order valence-corrected chi connectivity index (χ4v) is 2.02. The average molecular weight is 228 g/mol. The first-order valence-electron chi connectivity index (χ1n) is 6.00. The lowest BCUT2D eigenvalue weighted by molar-refractivity contribution is 0.0273. The molecule has 1 aliphatic rings. The second-order valence-corrected chi connectivity index (χ2v) is 5.71. The quantitative estimate of drug-likeness (QED) is 0.786. The number of nitrogens with zero attached hydrogens (tertiary/aromatic N) is 1. The molecule has 1 aliphatic heterocycles. The topological polar surface area (TPSA) is 55.6 Å². The lowest BCUT2D eigenvalue weighted by atomic mass is 9.85. The van der Waals surface area contributed by atoms with E-state index < -0.39 is 5.60 Å². The van der Waals surface area contributed by atoms with Crippen molar-refractivity contribution in [1.82, 2.24) is 4.90 Å². The Bertz CT molecular complexity index is 254. The number of amides is 1. The van der Waals surface area contributed by atoms with Crippen LogP contribution in [0, 0.1) is 5.41 Å². The van der Waals surface area contributed by atoms with Crippen molar-refractivity contribution in [3.63, 3.8) is 0 Å². The molecule has 1 amide bonds. The molecule has 1 rings (SSSR count).